The Bertz CT molecular complexity index is 967. The lowest BCUT2D eigenvalue weighted by Gasteiger charge is -2.21. The number of aryl methyl sites for hydroxylation is 2. The molecule has 0 saturated heterocycles. The maximum atomic E-state index is 13.3. The van der Waals surface area contributed by atoms with E-state index in [0.717, 1.165) is 28.7 Å². The van der Waals surface area contributed by atoms with E-state index in [9.17, 15) is 4.79 Å². The lowest BCUT2D eigenvalue weighted by Crippen LogP contribution is -2.33. The highest BCUT2D eigenvalue weighted by molar-refractivity contribution is 7.22. The van der Waals surface area contributed by atoms with Gasteiger partial charge < -0.3 is 4.90 Å². The summed E-state index contributed by atoms with van der Waals surface area (Å²) in [5.41, 5.74) is 3.73. The van der Waals surface area contributed by atoms with E-state index < -0.39 is 0 Å². The topological polar surface area (TPSA) is 36.4 Å². The molecule has 142 valence electrons. The first-order valence-corrected chi connectivity index (χ1v) is 10.1. The second-order valence-corrected chi connectivity index (χ2v) is 8.41. The van der Waals surface area contributed by atoms with E-state index in [1.54, 1.807) is 4.90 Å². The Morgan fingerprint density at radius 2 is 1.89 bits per heavy atom. The average molecular weight is 402 g/mol. The van der Waals surface area contributed by atoms with Crippen molar-refractivity contribution < 1.29 is 4.79 Å². The molecule has 0 bridgehead atoms. The molecule has 6 heteroatoms. The van der Waals surface area contributed by atoms with Gasteiger partial charge in [-0.25, -0.2) is 4.98 Å². The summed E-state index contributed by atoms with van der Waals surface area (Å²) < 4.78 is 0.989. The molecule has 4 nitrogen and oxygen atoms in total. The maximum Gasteiger partial charge on any atom is 0.260 e. The Hall–Kier alpha value is -1.95. The van der Waals surface area contributed by atoms with Crippen molar-refractivity contribution in [2.24, 2.45) is 0 Å². The molecule has 3 aromatic rings. The number of aromatic nitrogens is 1. The molecule has 1 heterocycles. The number of carbonyl (C=O) groups excluding carboxylic acids is 1. The summed E-state index contributed by atoms with van der Waals surface area (Å²) in [7, 11) is 4.07. The summed E-state index contributed by atoms with van der Waals surface area (Å²) in [6.45, 7) is 5.59. The molecule has 2 aromatic carbocycles. The van der Waals surface area contributed by atoms with Crippen LogP contribution >= 0.6 is 22.9 Å². The molecule has 0 aliphatic rings. The first kappa shape index (κ1) is 19.8. The Morgan fingerprint density at radius 3 is 2.56 bits per heavy atom. The molecule has 0 spiro atoms. The highest BCUT2D eigenvalue weighted by Crippen LogP contribution is 2.33. The molecule has 1 amide bonds. The molecule has 0 radical (unpaired) electrons. The van der Waals surface area contributed by atoms with Crippen LogP contribution in [0.5, 0.6) is 0 Å². The number of thiazole rings is 1. The van der Waals surface area contributed by atoms with E-state index in [2.05, 4.69) is 9.88 Å². The maximum absolute atomic E-state index is 13.3. The average Bonchev–Trinajstić information content (AvgIpc) is 3.05. The van der Waals surface area contributed by atoms with E-state index >= 15 is 0 Å². The summed E-state index contributed by atoms with van der Waals surface area (Å²) in [5, 5.41) is 1.31. The van der Waals surface area contributed by atoms with E-state index in [-0.39, 0.29) is 5.91 Å². The first-order chi connectivity index (χ1) is 12.9. The van der Waals surface area contributed by atoms with Gasteiger partial charge in [-0.05, 0) is 76.3 Å². The third kappa shape index (κ3) is 4.49. The predicted octanol–water partition coefficient (Wildman–Crippen LogP) is 5.17. The van der Waals surface area contributed by atoms with Crippen LogP contribution < -0.4 is 4.90 Å². The SMILES string of the molecule is Cc1ccc(C(=O)N(CCCN(C)C)c2nc3c(Cl)cccc3s2)cc1C. The minimum atomic E-state index is -0.0213. The second kappa shape index (κ2) is 8.38. The number of para-hydroxylation sites is 1. The zero-order valence-corrected chi connectivity index (χ0v) is 17.7. The number of amides is 1. The van der Waals surface area contributed by atoms with Crippen molar-refractivity contribution in [3.63, 3.8) is 0 Å². The largest absolute Gasteiger partial charge is 0.309 e. The van der Waals surface area contributed by atoms with Gasteiger partial charge >= 0.3 is 0 Å². The molecule has 0 atom stereocenters. The zero-order valence-electron chi connectivity index (χ0n) is 16.1. The highest BCUT2D eigenvalue weighted by atomic mass is 35.5. The number of anilines is 1. The molecular formula is C21H24ClN3OS. The van der Waals surface area contributed by atoms with Gasteiger partial charge in [0.05, 0.1) is 9.72 Å². The van der Waals surface area contributed by atoms with Crippen molar-refractivity contribution >= 4 is 44.2 Å². The smallest absolute Gasteiger partial charge is 0.260 e. The van der Waals surface area contributed by atoms with Crippen LogP contribution in [-0.4, -0.2) is 43.0 Å². The molecule has 0 N–H and O–H groups in total. The number of halogens is 1. The second-order valence-electron chi connectivity index (χ2n) is 7.00. The van der Waals surface area contributed by atoms with Crippen molar-refractivity contribution in [3.05, 3.63) is 58.1 Å². The molecule has 0 aliphatic carbocycles. The number of fused-ring (bicyclic) bond motifs is 1. The fourth-order valence-electron chi connectivity index (χ4n) is 2.88. The molecule has 0 aliphatic heterocycles. The van der Waals surface area contributed by atoms with Crippen LogP contribution in [0.4, 0.5) is 5.13 Å². The van der Waals surface area contributed by atoms with E-state index in [1.165, 1.54) is 16.9 Å². The van der Waals surface area contributed by atoms with Crippen molar-refractivity contribution in [3.8, 4) is 0 Å². The molecule has 0 unspecified atom stereocenters. The van der Waals surface area contributed by atoms with Crippen LogP contribution in [0.25, 0.3) is 10.2 Å². The number of hydrogen-bond donors (Lipinski definition) is 0. The van der Waals surface area contributed by atoms with E-state index in [1.807, 2.05) is 64.3 Å². The molecule has 3 rings (SSSR count). The number of nitrogens with zero attached hydrogens (tertiary/aromatic N) is 3. The van der Waals surface area contributed by atoms with Crippen molar-refractivity contribution in [1.82, 2.24) is 9.88 Å². The van der Waals surface area contributed by atoms with Gasteiger partial charge in [0.15, 0.2) is 5.13 Å². The standard InChI is InChI=1S/C21H24ClN3OS/c1-14-9-10-16(13-15(14)2)20(26)25(12-6-11-24(3)4)21-23-19-17(22)7-5-8-18(19)27-21/h5,7-10,13H,6,11-12H2,1-4H3. The van der Waals surface area contributed by atoms with Gasteiger partial charge in [-0.1, -0.05) is 35.1 Å². The minimum Gasteiger partial charge on any atom is -0.309 e. The number of benzene rings is 2. The van der Waals surface area contributed by atoms with Gasteiger partial charge in [0.25, 0.3) is 5.91 Å². The Morgan fingerprint density at radius 1 is 1.11 bits per heavy atom. The quantitative estimate of drug-likeness (QED) is 0.572. The van der Waals surface area contributed by atoms with Gasteiger partial charge in [0.2, 0.25) is 0 Å². The van der Waals surface area contributed by atoms with E-state index in [4.69, 9.17) is 11.6 Å². The summed E-state index contributed by atoms with van der Waals surface area (Å²) in [6, 6.07) is 11.6. The lowest BCUT2D eigenvalue weighted by atomic mass is 10.1. The van der Waals surface area contributed by atoms with Crippen molar-refractivity contribution in [2.45, 2.75) is 20.3 Å². The number of carbonyl (C=O) groups is 1. The molecular weight excluding hydrogens is 378 g/mol. The fraction of sp³-hybridized carbons (Fsp3) is 0.333. The van der Waals surface area contributed by atoms with Crippen LogP contribution in [0.15, 0.2) is 36.4 Å². The normalized spacial score (nSPS) is 11.3. The van der Waals surface area contributed by atoms with Crippen LogP contribution in [0.1, 0.15) is 27.9 Å². The summed E-state index contributed by atoms with van der Waals surface area (Å²) >= 11 is 7.79. The van der Waals surface area contributed by atoms with Crippen molar-refractivity contribution in [1.29, 1.82) is 0 Å². The van der Waals surface area contributed by atoms with Crippen LogP contribution in [0, 0.1) is 13.8 Å². The first-order valence-electron chi connectivity index (χ1n) is 8.95. The van der Waals surface area contributed by atoms with Crippen LogP contribution in [0.3, 0.4) is 0 Å². The Labute approximate surface area is 169 Å². The van der Waals surface area contributed by atoms with Crippen LogP contribution in [0.2, 0.25) is 5.02 Å². The van der Waals surface area contributed by atoms with Gasteiger partial charge in [-0.3, -0.25) is 9.69 Å². The molecule has 1 aromatic heterocycles. The Balaban J connectivity index is 1.97. The Kier molecular flexibility index (Phi) is 6.15. The third-order valence-corrected chi connectivity index (χ3v) is 5.92. The number of rotatable bonds is 6. The summed E-state index contributed by atoms with van der Waals surface area (Å²) in [6.07, 6.45) is 0.868. The molecule has 27 heavy (non-hydrogen) atoms. The van der Waals surface area contributed by atoms with Crippen LogP contribution in [-0.2, 0) is 0 Å². The predicted molar refractivity (Wildman–Crippen MR) is 115 cm³/mol. The fourth-order valence-corrected chi connectivity index (χ4v) is 4.17. The molecule has 0 saturated carbocycles. The van der Waals surface area contributed by atoms with Crippen molar-refractivity contribution in [2.75, 3.05) is 32.1 Å². The van der Waals surface area contributed by atoms with Gasteiger partial charge in [0, 0.05) is 12.1 Å². The summed E-state index contributed by atoms with van der Waals surface area (Å²) in [5.74, 6) is -0.0213. The summed E-state index contributed by atoms with van der Waals surface area (Å²) in [4.78, 5) is 21.9. The van der Waals surface area contributed by atoms with E-state index in [0.29, 0.717) is 22.3 Å². The third-order valence-electron chi connectivity index (χ3n) is 4.58. The van der Waals surface area contributed by atoms with Gasteiger partial charge in [-0.2, -0.15) is 0 Å². The van der Waals surface area contributed by atoms with Gasteiger partial charge in [-0.15, -0.1) is 0 Å². The highest BCUT2D eigenvalue weighted by Gasteiger charge is 2.22. The van der Waals surface area contributed by atoms with Gasteiger partial charge in [0.1, 0.15) is 5.52 Å². The number of hydrogen-bond acceptors (Lipinski definition) is 4. The lowest BCUT2D eigenvalue weighted by molar-refractivity contribution is 0.0986. The minimum absolute atomic E-state index is 0.0213. The zero-order chi connectivity index (χ0) is 19.6. The molecule has 0 fully saturated rings. The monoisotopic (exact) mass is 401 g/mol.